The summed E-state index contributed by atoms with van der Waals surface area (Å²) in [5.74, 6) is 1.14. The molecule has 1 amide bonds. The van der Waals surface area contributed by atoms with Gasteiger partial charge in [0.05, 0.1) is 11.8 Å². The Labute approximate surface area is 105 Å². The quantitative estimate of drug-likeness (QED) is 0.785. The van der Waals surface area contributed by atoms with Crippen LogP contribution in [0.3, 0.4) is 0 Å². The minimum atomic E-state index is 0.00796. The average molecular weight is 252 g/mol. The van der Waals surface area contributed by atoms with E-state index in [0.717, 1.165) is 12.8 Å². The van der Waals surface area contributed by atoms with Gasteiger partial charge in [0.25, 0.3) is 0 Å². The van der Waals surface area contributed by atoms with Crippen molar-refractivity contribution in [3.8, 4) is 0 Å². The molecule has 6 heteroatoms. The fourth-order valence-electron chi connectivity index (χ4n) is 1.81. The van der Waals surface area contributed by atoms with Crippen LogP contribution in [-0.2, 0) is 11.8 Å². The highest BCUT2D eigenvalue weighted by molar-refractivity contribution is 7.80. The van der Waals surface area contributed by atoms with Crippen molar-refractivity contribution in [1.29, 1.82) is 0 Å². The van der Waals surface area contributed by atoms with E-state index < -0.39 is 0 Å². The lowest BCUT2D eigenvalue weighted by atomic mass is 10.1. The highest BCUT2D eigenvalue weighted by Crippen LogP contribution is 2.37. The molecule has 1 unspecified atom stereocenters. The summed E-state index contributed by atoms with van der Waals surface area (Å²) in [6.07, 6.45) is 3.85. The largest absolute Gasteiger partial charge is 0.389 e. The Hall–Kier alpha value is -1.43. The Morgan fingerprint density at radius 1 is 1.71 bits per heavy atom. The van der Waals surface area contributed by atoms with Crippen LogP contribution in [0.1, 0.15) is 25.3 Å². The van der Waals surface area contributed by atoms with Gasteiger partial charge in [-0.2, -0.15) is 5.10 Å². The molecule has 1 aromatic heterocycles. The van der Waals surface area contributed by atoms with Crippen LogP contribution in [0, 0.1) is 11.8 Å². The van der Waals surface area contributed by atoms with E-state index >= 15 is 0 Å². The Kier molecular flexibility index (Phi) is 3.15. The summed E-state index contributed by atoms with van der Waals surface area (Å²) >= 11 is 4.92. The molecule has 0 saturated heterocycles. The molecule has 1 fully saturated rings. The first-order valence-corrected chi connectivity index (χ1v) is 6.04. The lowest BCUT2D eigenvalue weighted by Crippen LogP contribution is -2.25. The Balaban J connectivity index is 2.14. The van der Waals surface area contributed by atoms with Crippen LogP contribution in [0.2, 0.25) is 0 Å². The van der Waals surface area contributed by atoms with Crippen molar-refractivity contribution in [2.24, 2.45) is 24.6 Å². The maximum Gasteiger partial charge on any atom is 0.228 e. The van der Waals surface area contributed by atoms with Crippen LogP contribution >= 0.6 is 12.2 Å². The zero-order chi connectivity index (χ0) is 12.6. The molecule has 1 aliphatic rings. The summed E-state index contributed by atoms with van der Waals surface area (Å²) in [5.41, 5.74) is 6.19. The molecule has 5 nitrogen and oxygen atoms in total. The van der Waals surface area contributed by atoms with Gasteiger partial charge in [0.2, 0.25) is 5.91 Å². The van der Waals surface area contributed by atoms with E-state index in [1.807, 2.05) is 6.92 Å². The molecular formula is C11H16N4OS. The second-order valence-electron chi connectivity index (χ2n) is 4.51. The molecular weight excluding hydrogens is 236 g/mol. The van der Waals surface area contributed by atoms with Gasteiger partial charge in [-0.15, -0.1) is 0 Å². The highest BCUT2D eigenvalue weighted by atomic mass is 32.1. The van der Waals surface area contributed by atoms with Gasteiger partial charge >= 0.3 is 0 Å². The molecule has 92 valence electrons. The van der Waals surface area contributed by atoms with Gasteiger partial charge in [-0.1, -0.05) is 19.1 Å². The molecule has 0 bridgehead atoms. The molecule has 0 spiro atoms. The van der Waals surface area contributed by atoms with Gasteiger partial charge in [-0.05, 0) is 18.8 Å². The SMILES string of the molecule is CC(C(=O)Nc1c(C(N)=S)cnn1C)C1CC1. The summed E-state index contributed by atoms with van der Waals surface area (Å²) in [7, 11) is 1.75. The lowest BCUT2D eigenvalue weighted by Gasteiger charge is -2.12. The Bertz CT molecular complexity index is 464. The summed E-state index contributed by atoms with van der Waals surface area (Å²) in [5, 5.41) is 6.90. The zero-order valence-corrected chi connectivity index (χ0v) is 10.8. The van der Waals surface area contributed by atoms with Crippen LogP contribution in [-0.4, -0.2) is 20.7 Å². The molecule has 0 aromatic carbocycles. The van der Waals surface area contributed by atoms with E-state index in [-0.39, 0.29) is 16.8 Å². The monoisotopic (exact) mass is 252 g/mol. The first-order chi connectivity index (χ1) is 8.00. The van der Waals surface area contributed by atoms with Gasteiger partial charge in [0, 0.05) is 13.0 Å². The van der Waals surface area contributed by atoms with Crippen LogP contribution in [0.5, 0.6) is 0 Å². The van der Waals surface area contributed by atoms with Gasteiger partial charge in [-0.25, -0.2) is 0 Å². The second kappa shape index (κ2) is 4.44. The summed E-state index contributed by atoms with van der Waals surface area (Å²) in [6.45, 7) is 1.95. The van der Waals surface area contributed by atoms with E-state index in [0.29, 0.717) is 17.3 Å². The van der Waals surface area contributed by atoms with Crippen molar-refractivity contribution in [3.05, 3.63) is 11.8 Å². The minimum absolute atomic E-state index is 0.00796. The molecule has 0 radical (unpaired) electrons. The number of carbonyl (C=O) groups excluding carboxylic acids is 1. The van der Waals surface area contributed by atoms with E-state index in [9.17, 15) is 4.79 Å². The van der Waals surface area contributed by atoms with E-state index in [1.165, 1.54) is 0 Å². The first kappa shape index (κ1) is 12.0. The van der Waals surface area contributed by atoms with Crippen molar-refractivity contribution >= 4 is 28.9 Å². The van der Waals surface area contributed by atoms with Crippen molar-refractivity contribution in [1.82, 2.24) is 9.78 Å². The zero-order valence-electron chi connectivity index (χ0n) is 9.93. The Morgan fingerprint density at radius 2 is 2.35 bits per heavy atom. The van der Waals surface area contributed by atoms with Crippen molar-refractivity contribution < 1.29 is 4.79 Å². The summed E-state index contributed by atoms with van der Waals surface area (Å²) in [4.78, 5) is 12.2. The molecule has 1 heterocycles. The number of aromatic nitrogens is 2. The average Bonchev–Trinajstić information content (AvgIpc) is 3.04. The molecule has 17 heavy (non-hydrogen) atoms. The Morgan fingerprint density at radius 3 is 2.88 bits per heavy atom. The number of carbonyl (C=O) groups is 1. The summed E-state index contributed by atoms with van der Waals surface area (Å²) < 4.78 is 1.58. The van der Waals surface area contributed by atoms with E-state index in [4.69, 9.17) is 18.0 Å². The van der Waals surface area contributed by atoms with Crippen molar-refractivity contribution in [2.45, 2.75) is 19.8 Å². The second-order valence-corrected chi connectivity index (χ2v) is 4.95. The predicted molar refractivity (Wildman–Crippen MR) is 69.6 cm³/mol. The number of hydrogen-bond donors (Lipinski definition) is 2. The minimum Gasteiger partial charge on any atom is -0.389 e. The highest BCUT2D eigenvalue weighted by Gasteiger charge is 2.33. The third-order valence-corrected chi connectivity index (χ3v) is 3.41. The van der Waals surface area contributed by atoms with Crippen LogP contribution in [0.15, 0.2) is 6.20 Å². The van der Waals surface area contributed by atoms with Crippen LogP contribution in [0.25, 0.3) is 0 Å². The number of nitrogens with zero attached hydrogens (tertiary/aromatic N) is 2. The smallest absolute Gasteiger partial charge is 0.228 e. The molecule has 1 aromatic rings. The number of nitrogens with one attached hydrogen (secondary N) is 1. The van der Waals surface area contributed by atoms with Crippen LogP contribution < -0.4 is 11.1 Å². The number of amides is 1. The number of nitrogens with two attached hydrogens (primary N) is 1. The standard InChI is InChI=1S/C11H16N4OS/c1-6(7-3-4-7)11(16)14-10-8(9(12)17)5-13-15(10)2/h5-7H,3-4H2,1-2H3,(H2,12,17)(H,14,16). The number of hydrogen-bond acceptors (Lipinski definition) is 3. The number of aryl methyl sites for hydroxylation is 1. The normalized spacial score (nSPS) is 16.6. The van der Waals surface area contributed by atoms with Crippen LogP contribution in [0.4, 0.5) is 5.82 Å². The predicted octanol–water partition coefficient (Wildman–Crippen LogP) is 1.04. The lowest BCUT2D eigenvalue weighted by molar-refractivity contribution is -0.120. The van der Waals surface area contributed by atoms with Gasteiger partial charge in [0.15, 0.2) is 0 Å². The fourth-order valence-corrected chi connectivity index (χ4v) is 1.96. The third-order valence-electron chi connectivity index (χ3n) is 3.19. The molecule has 2 rings (SSSR count). The first-order valence-electron chi connectivity index (χ1n) is 5.63. The van der Waals surface area contributed by atoms with Gasteiger partial charge in [-0.3, -0.25) is 9.48 Å². The topological polar surface area (TPSA) is 72.9 Å². The summed E-state index contributed by atoms with van der Waals surface area (Å²) in [6, 6.07) is 0. The third kappa shape index (κ3) is 2.46. The number of thiocarbonyl (C=S) groups is 1. The molecule has 1 atom stereocenters. The molecule has 0 aliphatic heterocycles. The van der Waals surface area contributed by atoms with E-state index in [1.54, 1.807) is 17.9 Å². The van der Waals surface area contributed by atoms with Gasteiger partial charge in [0.1, 0.15) is 10.8 Å². The number of anilines is 1. The maximum atomic E-state index is 12.0. The van der Waals surface area contributed by atoms with Crippen molar-refractivity contribution in [3.63, 3.8) is 0 Å². The van der Waals surface area contributed by atoms with Crippen molar-refractivity contribution in [2.75, 3.05) is 5.32 Å². The molecule has 3 N–H and O–H groups in total. The molecule has 1 saturated carbocycles. The van der Waals surface area contributed by atoms with Gasteiger partial charge < -0.3 is 11.1 Å². The molecule has 1 aliphatic carbocycles. The fraction of sp³-hybridized carbons (Fsp3) is 0.545. The van der Waals surface area contributed by atoms with E-state index in [2.05, 4.69) is 10.4 Å². The number of rotatable bonds is 4. The maximum absolute atomic E-state index is 12.0.